The minimum Gasteiger partial charge on any atom is -0.317 e. The number of aromatic nitrogens is 1. The summed E-state index contributed by atoms with van der Waals surface area (Å²) in [6.07, 6.45) is 7.88. The van der Waals surface area contributed by atoms with E-state index in [9.17, 15) is 0 Å². The number of piperidine rings is 1. The van der Waals surface area contributed by atoms with Crippen molar-refractivity contribution in [2.45, 2.75) is 57.7 Å². The lowest BCUT2D eigenvalue weighted by Crippen LogP contribution is -2.35. The van der Waals surface area contributed by atoms with Crippen LogP contribution in [0.3, 0.4) is 0 Å². The maximum atomic E-state index is 4.97. The summed E-state index contributed by atoms with van der Waals surface area (Å²) < 4.78 is 0. The zero-order chi connectivity index (χ0) is 16.0. The molecule has 0 radical (unpaired) electrons. The molecule has 0 amide bonds. The van der Waals surface area contributed by atoms with Gasteiger partial charge in [-0.1, -0.05) is 0 Å². The van der Waals surface area contributed by atoms with Crippen molar-refractivity contribution in [1.82, 2.24) is 15.2 Å². The summed E-state index contributed by atoms with van der Waals surface area (Å²) in [6, 6.07) is 3.05. The van der Waals surface area contributed by atoms with Gasteiger partial charge >= 0.3 is 0 Å². The van der Waals surface area contributed by atoms with Crippen LogP contribution in [-0.4, -0.2) is 29.0 Å². The van der Waals surface area contributed by atoms with Crippen LogP contribution in [0.4, 0.5) is 0 Å². The molecule has 0 unspecified atom stereocenters. The third-order valence-electron chi connectivity index (χ3n) is 6.13. The van der Waals surface area contributed by atoms with Gasteiger partial charge in [0.2, 0.25) is 0 Å². The van der Waals surface area contributed by atoms with Crippen molar-refractivity contribution in [1.29, 1.82) is 0 Å². The van der Waals surface area contributed by atoms with Gasteiger partial charge in [-0.2, -0.15) is 11.3 Å². The lowest BCUT2D eigenvalue weighted by molar-refractivity contribution is 0.188. The lowest BCUT2D eigenvalue weighted by atomic mass is 9.93. The summed E-state index contributed by atoms with van der Waals surface area (Å²) in [5.41, 5.74) is 3.47. The van der Waals surface area contributed by atoms with Gasteiger partial charge in [0.25, 0.3) is 0 Å². The van der Waals surface area contributed by atoms with E-state index in [0.29, 0.717) is 5.41 Å². The molecule has 1 saturated carbocycles. The topological polar surface area (TPSA) is 28.2 Å². The quantitative estimate of drug-likeness (QED) is 0.879. The van der Waals surface area contributed by atoms with Crippen molar-refractivity contribution in [3.8, 4) is 0 Å². The Bertz CT molecular complexity index is 679. The maximum absolute atomic E-state index is 4.97. The molecule has 3 aliphatic rings. The molecule has 2 aliphatic carbocycles. The van der Waals surface area contributed by atoms with Gasteiger partial charge in [0.1, 0.15) is 5.01 Å². The normalized spacial score (nSPS) is 24.6. The third kappa shape index (κ3) is 2.85. The Hall–Kier alpha value is -0.750. The van der Waals surface area contributed by atoms with Crippen molar-refractivity contribution in [2.75, 3.05) is 13.1 Å². The molecule has 3 nitrogen and oxygen atoms in total. The van der Waals surface area contributed by atoms with Gasteiger partial charge in [-0.05, 0) is 79.4 Å². The average molecular weight is 360 g/mol. The Morgan fingerprint density at radius 3 is 2.96 bits per heavy atom. The van der Waals surface area contributed by atoms with Gasteiger partial charge in [0, 0.05) is 17.5 Å². The van der Waals surface area contributed by atoms with Gasteiger partial charge in [-0.15, -0.1) is 11.3 Å². The van der Waals surface area contributed by atoms with Crippen molar-refractivity contribution in [3.63, 3.8) is 0 Å². The van der Waals surface area contributed by atoms with Gasteiger partial charge in [0.15, 0.2) is 0 Å². The van der Waals surface area contributed by atoms with Gasteiger partial charge in [-0.25, -0.2) is 4.98 Å². The van der Waals surface area contributed by atoms with E-state index in [1.165, 1.54) is 67.9 Å². The van der Waals surface area contributed by atoms with Crippen LogP contribution in [0.1, 0.15) is 46.8 Å². The zero-order valence-electron chi connectivity index (χ0n) is 14.1. The van der Waals surface area contributed by atoms with Crippen LogP contribution in [-0.2, 0) is 25.9 Å². The fourth-order valence-corrected chi connectivity index (χ4v) is 6.53. The molecule has 2 aromatic heterocycles. The molecule has 2 aromatic rings. The molecule has 1 spiro atoms. The van der Waals surface area contributed by atoms with E-state index in [0.717, 1.165) is 19.1 Å². The number of hydrogen-bond donors (Lipinski definition) is 1. The van der Waals surface area contributed by atoms with E-state index >= 15 is 0 Å². The number of thiophene rings is 1. The van der Waals surface area contributed by atoms with Crippen LogP contribution in [0.5, 0.6) is 0 Å². The Kier molecular flexibility index (Phi) is 4.01. The van der Waals surface area contributed by atoms with E-state index in [4.69, 9.17) is 4.98 Å². The van der Waals surface area contributed by atoms with Crippen molar-refractivity contribution in [2.24, 2.45) is 5.41 Å². The monoisotopic (exact) mass is 359 g/mol. The summed E-state index contributed by atoms with van der Waals surface area (Å²) in [5.74, 6) is 0. The second kappa shape index (κ2) is 6.20. The van der Waals surface area contributed by atoms with Gasteiger partial charge in [0.05, 0.1) is 12.2 Å². The molecule has 5 heteroatoms. The predicted octanol–water partition coefficient (Wildman–Crippen LogP) is 3.84. The van der Waals surface area contributed by atoms with Crippen molar-refractivity contribution < 1.29 is 0 Å². The molecule has 1 saturated heterocycles. The smallest absolute Gasteiger partial charge is 0.107 e. The summed E-state index contributed by atoms with van der Waals surface area (Å²) in [5, 5.41) is 9.41. The molecule has 2 fully saturated rings. The van der Waals surface area contributed by atoms with Crippen LogP contribution < -0.4 is 5.32 Å². The highest BCUT2D eigenvalue weighted by atomic mass is 32.1. The first-order valence-corrected chi connectivity index (χ1v) is 11.0. The Labute approximate surface area is 152 Å². The maximum Gasteiger partial charge on any atom is 0.107 e. The number of fused-ring (bicyclic) bond motifs is 1. The summed E-state index contributed by atoms with van der Waals surface area (Å²) in [6.45, 7) is 4.55. The number of aryl methyl sites for hydroxylation is 2. The molecule has 24 heavy (non-hydrogen) atoms. The Morgan fingerprint density at radius 1 is 1.25 bits per heavy atom. The lowest BCUT2D eigenvalue weighted by Gasteiger charge is -2.29. The predicted molar refractivity (Wildman–Crippen MR) is 101 cm³/mol. The minimum absolute atomic E-state index is 0.598. The molecular weight excluding hydrogens is 334 g/mol. The molecule has 0 aromatic carbocycles. The second-order valence-electron chi connectivity index (χ2n) is 7.70. The highest BCUT2D eigenvalue weighted by molar-refractivity contribution is 7.11. The Morgan fingerprint density at radius 2 is 2.17 bits per heavy atom. The van der Waals surface area contributed by atoms with Crippen molar-refractivity contribution in [3.05, 3.63) is 38.0 Å². The Balaban J connectivity index is 1.35. The summed E-state index contributed by atoms with van der Waals surface area (Å²) in [4.78, 5) is 9.27. The van der Waals surface area contributed by atoms with Gasteiger partial charge in [-0.3, -0.25) is 4.90 Å². The number of nitrogens with zero attached hydrogens (tertiary/aromatic N) is 2. The van der Waals surface area contributed by atoms with Gasteiger partial charge < -0.3 is 5.32 Å². The highest BCUT2D eigenvalue weighted by Crippen LogP contribution is 2.56. The molecule has 1 N–H and O–H groups in total. The van der Waals surface area contributed by atoms with Crippen LogP contribution in [0.15, 0.2) is 16.8 Å². The largest absolute Gasteiger partial charge is 0.317 e. The molecule has 5 rings (SSSR count). The van der Waals surface area contributed by atoms with E-state index in [1.54, 1.807) is 4.88 Å². The van der Waals surface area contributed by atoms with Crippen LogP contribution in [0, 0.1) is 5.41 Å². The van der Waals surface area contributed by atoms with Crippen LogP contribution >= 0.6 is 22.7 Å². The molecule has 128 valence electrons. The number of hydrogen-bond acceptors (Lipinski definition) is 5. The average Bonchev–Trinajstić information content (AvgIpc) is 3.03. The summed E-state index contributed by atoms with van der Waals surface area (Å²) in [7, 11) is 0. The molecular formula is C19H25N3S2. The van der Waals surface area contributed by atoms with Crippen molar-refractivity contribution >= 4 is 22.7 Å². The van der Waals surface area contributed by atoms with Crippen LogP contribution in [0.2, 0.25) is 0 Å². The standard InChI is InChI=1S/C19H25N3S2/c1-2-15-16(3-1)24-18(21-15)12-22(11-14-4-9-23-13-14)17-10-19(17)5-7-20-8-6-19/h4,9,13,17,20H,1-3,5-8,10-12H2/t17-/m1/s1. The number of rotatable bonds is 5. The van der Waals surface area contributed by atoms with E-state index in [-0.39, 0.29) is 0 Å². The fraction of sp³-hybridized carbons (Fsp3) is 0.632. The fourth-order valence-electron chi connectivity index (χ4n) is 4.68. The zero-order valence-corrected chi connectivity index (χ0v) is 15.7. The first kappa shape index (κ1) is 15.5. The molecule has 3 heterocycles. The molecule has 1 aliphatic heterocycles. The van der Waals surface area contributed by atoms with E-state index in [1.807, 2.05) is 22.7 Å². The summed E-state index contributed by atoms with van der Waals surface area (Å²) >= 11 is 3.80. The highest BCUT2D eigenvalue weighted by Gasteiger charge is 2.56. The third-order valence-corrected chi connectivity index (χ3v) is 8.01. The number of nitrogens with one attached hydrogen (secondary N) is 1. The number of thiazole rings is 1. The first-order valence-electron chi connectivity index (χ1n) is 9.26. The minimum atomic E-state index is 0.598. The molecule has 0 bridgehead atoms. The SMILES string of the molecule is c1cc(CN(Cc2nc3c(s2)CCC3)[C@@H]2CC23CCNCC3)cs1. The van der Waals surface area contributed by atoms with E-state index < -0.39 is 0 Å². The molecule has 1 atom stereocenters. The van der Waals surface area contributed by atoms with E-state index in [2.05, 4.69) is 27.0 Å². The first-order chi connectivity index (χ1) is 11.8. The second-order valence-corrected chi connectivity index (χ2v) is 9.65. The van der Waals surface area contributed by atoms with Crippen LogP contribution in [0.25, 0.3) is 0 Å².